The van der Waals surface area contributed by atoms with Crippen LogP contribution in [0.4, 0.5) is 0 Å². The Labute approximate surface area is 74.9 Å². The molecule has 0 rings (SSSR count). The van der Waals surface area contributed by atoms with E-state index in [0.717, 1.165) is 0 Å². The first-order valence-electron chi connectivity index (χ1n) is 3.66. The number of carboxylic acids is 1. The van der Waals surface area contributed by atoms with Crippen LogP contribution < -0.4 is 5.32 Å². The summed E-state index contributed by atoms with van der Waals surface area (Å²) in [5, 5.41) is 10.2. The lowest BCUT2D eigenvalue weighted by molar-refractivity contribution is -0.150. The van der Waals surface area contributed by atoms with Crippen LogP contribution in [0.25, 0.3) is 0 Å². The van der Waals surface area contributed by atoms with E-state index < -0.39 is 11.9 Å². The number of nitrogens with one attached hydrogen (secondary N) is 1. The maximum Gasteiger partial charge on any atom is 0.394 e. The summed E-state index contributed by atoms with van der Waals surface area (Å²) in [6, 6.07) is 0. The normalized spacial score (nSPS) is 9.00. The molecule has 0 atom stereocenters. The second kappa shape index (κ2) is 5.99. The number of methoxy groups -OCH3 is 1. The van der Waals surface area contributed by atoms with Gasteiger partial charge in [0.05, 0.1) is 7.11 Å². The fourth-order valence-electron chi connectivity index (χ4n) is 0.612. The van der Waals surface area contributed by atoms with Gasteiger partial charge in [-0.2, -0.15) is 0 Å². The Morgan fingerprint density at radius 1 is 1.38 bits per heavy atom. The van der Waals surface area contributed by atoms with Gasteiger partial charge in [-0.15, -0.1) is 0 Å². The number of carbonyl (C=O) groups is 3. The minimum absolute atomic E-state index is 0.153. The maximum atomic E-state index is 10.5. The van der Waals surface area contributed by atoms with E-state index in [-0.39, 0.29) is 18.9 Å². The van der Waals surface area contributed by atoms with Crippen molar-refractivity contribution in [2.45, 2.75) is 12.8 Å². The van der Waals surface area contributed by atoms with Gasteiger partial charge >= 0.3 is 17.8 Å². The number of hydrogen-bond acceptors (Lipinski definition) is 4. The third-order valence-electron chi connectivity index (χ3n) is 1.27. The number of carboxylic acid groups (broad SMARTS) is 1. The third kappa shape index (κ3) is 5.66. The molecule has 0 spiro atoms. The Balaban J connectivity index is 3.41. The molecule has 6 heteroatoms. The summed E-state index contributed by atoms with van der Waals surface area (Å²) in [5.74, 6) is -2.98. The number of ether oxygens (including phenoxy) is 1. The van der Waals surface area contributed by atoms with Gasteiger partial charge < -0.3 is 15.2 Å². The maximum absolute atomic E-state index is 10.5. The van der Waals surface area contributed by atoms with Gasteiger partial charge in [0, 0.05) is 13.0 Å². The molecule has 0 saturated heterocycles. The van der Waals surface area contributed by atoms with Gasteiger partial charge in [0.25, 0.3) is 0 Å². The molecule has 74 valence electrons. The van der Waals surface area contributed by atoms with E-state index >= 15 is 0 Å². The van der Waals surface area contributed by atoms with Crippen molar-refractivity contribution in [2.24, 2.45) is 0 Å². The zero-order valence-corrected chi connectivity index (χ0v) is 7.20. The summed E-state index contributed by atoms with van der Waals surface area (Å²) in [6.45, 7) is 0.153. The lowest BCUT2D eigenvalue weighted by atomic mass is 10.3. The average molecular weight is 189 g/mol. The Hall–Kier alpha value is -1.59. The van der Waals surface area contributed by atoms with Gasteiger partial charge in [0.15, 0.2) is 0 Å². The number of aliphatic carboxylic acids is 1. The van der Waals surface area contributed by atoms with Crippen LogP contribution in [0.3, 0.4) is 0 Å². The molecular weight excluding hydrogens is 178 g/mol. The molecule has 0 aliphatic rings. The molecule has 0 unspecified atom stereocenters. The molecule has 0 aliphatic heterocycles. The lowest BCUT2D eigenvalue weighted by Crippen LogP contribution is -2.31. The zero-order valence-electron chi connectivity index (χ0n) is 7.20. The highest BCUT2D eigenvalue weighted by Crippen LogP contribution is 1.89. The quantitative estimate of drug-likeness (QED) is 0.341. The van der Waals surface area contributed by atoms with Crippen molar-refractivity contribution in [3.8, 4) is 0 Å². The molecule has 0 heterocycles. The molecule has 0 radical (unpaired) electrons. The first kappa shape index (κ1) is 11.4. The summed E-state index contributed by atoms with van der Waals surface area (Å²) in [5.41, 5.74) is 0. The van der Waals surface area contributed by atoms with E-state index in [0.29, 0.717) is 6.42 Å². The highest BCUT2D eigenvalue weighted by Gasteiger charge is 2.09. The SMILES string of the molecule is COC(=O)CCCNC(=O)C(=O)O. The average Bonchev–Trinajstić information content (AvgIpc) is 2.11. The van der Waals surface area contributed by atoms with Crippen molar-refractivity contribution >= 4 is 17.8 Å². The standard InChI is InChI=1S/C7H11NO5/c1-13-5(9)3-2-4-8-6(10)7(11)12/h2-4H2,1H3,(H,8,10)(H,11,12). The molecule has 0 aromatic carbocycles. The van der Waals surface area contributed by atoms with Gasteiger partial charge in [-0.3, -0.25) is 9.59 Å². The van der Waals surface area contributed by atoms with E-state index in [4.69, 9.17) is 5.11 Å². The van der Waals surface area contributed by atoms with E-state index in [1.807, 2.05) is 0 Å². The Kier molecular flexibility index (Phi) is 5.25. The second-order valence-electron chi connectivity index (χ2n) is 2.24. The molecular formula is C7H11NO5. The van der Waals surface area contributed by atoms with Crippen LogP contribution in [0, 0.1) is 0 Å². The van der Waals surface area contributed by atoms with Crippen molar-refractivity contribution < 1.29 is 24.2 Å². The lowest BCUT2D eigenvalue weighted by Gasteiger charge is -2.00. The number of esters is 1. The molecule has 1 amide bonds. The number of rotatable bonds is 4. The topological polar surface area (TPSA) is 92.7 Å². The molecule has 0 aromatic heterocycles. The van der Waals surface area contributed by atoms with Crippen LogP contribution in [0.5, 0.6) is 0 Å². The van der Waals surface area contributed by atoms with Crippen LogP contribution in [-0.4, -0.2) is 36.6 Å². The summed E-state index contributed by atoms with van der Waals surface area (Å²) in [7, 11) is 1.26. The fraction of sp³-hybridized carbons (Fsp3) is 0.571. The number of amides is 1. The largest absolute Gasteiger partial charge is 0.474 e. The highest BCUT2D eigenvalue weighted by molar-refractivity contribution is 6.31. The predicted octanol–water partition coefficient (Wildman–Crippen LogP) is -0.860. The van der Waals surface area contributed by atoms with E-state index in [2.05, 4.69) is 10.1 Å². The third-order valence-corrected chi connectivity index (χ3v) is 1.27. The Morgan fingerprint density at radius 3 is 2.46 bits per heavy atom. The summed E-state index contributed by atoms with van der Waals surface area (Å²) < 4.78 is 4.34. The van der Waals surface area contributed by atoms with Crippen LogP contribution >= 0.6 is 0 Å². The van der Waals surface area contributed by atoms with Crippen molar-refractivity contribution in [1.29, 1.82) is 0 Å². The number of hydrogen-bond donors (Lipinski definition) is 2. The summed E-state index contributed by atoms with van der Waals surface area (Å²) in [4.78, 5) is 30.9. The highest BCUT2D eigenvalue weighted by atomic mass is 16.5. The van der Waals surface area contributed by atoms with Crippen molar-refractivity contribution in [3.05, 3.63) is 0 Å². The van der Waals surface area contributed by atoms with E-state index in [9.17, 15) is 14.4 Å². The molecule has 13 heavy (non-hydrogen) atoms. The monoisotopic (exact) mass is 189 g/mol. The molecule has 0 bridgehead atoms. The number of carbonyl (C=O) groups excluding carboxylic acids is 2. The zero-order chi connectivity index (χ0) is 10.3. The van der Waals surface area contributed by atoms with Gasteiger partial charge in [-0.1, -0.05) is 0 Å². The fourth-order valence-corrected chi connectivity index (χ4v) is 0.612. The van der Waals surface area contributed by atoms with Crippen LogP contribution in [-0.2, 0) is 19.1 Å². The molecule has 0 saturated carbocycles. The van der Waals surface area contributed by atoms with Crippen LogP contribution in [0.1, 0.15) is 12.8 Å². The van der Waals surface area contributed by atoms with Crippen molar-refractivity contribution in [2.75, 3.05) is 13.7 Å². The van der Waals surface area contributed by atoms with E-state index in [1.165, 1.54) is 7.11 Å². The van der Waals surface area contributed by atoms with Gasteiger partial charge in [0.1, 0.15) is 0 Å². The van der Waals surface area contributed by atoms with Crippen LogP contribution in [0.15, 0.2) is 0 Å². The Bertz CT molecular complexity index is 213. The molecule has 0 aromatic rings. The minimum atomic E-state index is -1.53. The van der Waals surface area contributed by atoms with Crippen molar-refractivity contribution in [3.63, 3.8) is 0 Å². The van der Waals surface area contributed by atoms with E-state index in [1.54, 1.807) is 0 Å². The molecule has 0 fully saturated rings. The van der Waals surface area contributed by atoms with Gasteiger partial charge in [-0.25, -0.2) is 4.79 Å². The first-order chi connectivity index (χ1) is 6.07. The molecule has 2 N–H and O–H groups in total. The van der Waals surface area contributed by atoms with Crippen LogP contribution in [0.2, 0.25) is 0 Å². The van der Waals surface area contributed by atoms with Gasteiger partial charge in [0.2, 0.25) is 0 Å². The summed E-state index contributed by atoms with van der Waals surface area (Å²) >= 11 is 0. The Morgan fingerprint density at radius 2 is 2.00 bits per heavy atom. The second-order valence-corrected chi connectivity index (χ2v) is 2.24. The van der Waals surface area contributed by atoms with Gasteiger partial charge in [-0.05, 0) is 6.42 Å². The van der Waals surface area contributed by atoms with Crippen molar-refractivity contribution in [1.82, 2.24) is 5.32 Å². The smallest absolute Gasteiger partial charge is 0.394 e. The predicted molar refractivity (Wildman–Crippen MR) is 41.9 cm³/mol. The molecule has 6 nitrogen and oxygen atoms in total. The first-order valence-corrected chi connectivity index (χ1v) is 3.66. The summed E-state index contributed by atoms with van der Waals surface area (Å²) in [6.07, 6.45) is 0.530. The molecule has 0 aliphatic carbocycles. The minimum Gasteiger partial charge on any atom is -0.474 e.